The Morgan fingerprint density at radius 3 is 2.42 bits per heavy atom. The van der Waals surface area contributed by atoms with Crippen molar-refractivity contribution in [2.45, 2.75) is 0 Å². The Morgan fingerprint density at radius 2 is 1.77 bits per heavy atom. The third-order valence-electron chi connectivity index (χ3n) is 3.58. The smallest absolute Gasteiger partial charge is 0.273 e. The molecule has 8 nitrogen and oxygen atoms in total. The number of barbiturate groups is 1. The number of urea groups is 1. The molecule has 0 aromatic heterocycles. The van der Waals surface area contributed by atoms with Gasteiger partial charge >= 0.3 is 6.03 Å². The van der Waals surface area contributed by atoms with Crippen LogP contribution in [-0.2, 0) is 9.59 Å². The molecule has 2 aromatic rings. The number of rotatable bonds is 3. The first-order valence-corrected chi connectivity index (χ1v) is 8.07. The van der Waals surface area contributed by atoms with Gasteiger partial charge in [-0.1, -0.05) is 28.1 Å². The van der Waals surface area contributed by atoms with Crippen molar-refractivity contribution in [1.82, 2.24) is 5.32 Å². The van der Waals surface area contributed by atoms with Crippen LogP contribution >= 0.6 is 15.9 Å². The van der Waals surface area contributed by atoms with Crippen molar-refractivity contribution >= 4 is 51.2 Å². The molecule has 1 aliphatic heterocycles. The highest BCUT2D eigenvalue weighted by Crippen LogP contribution is 2.24. The predicted octanol–water partition coefficient (Wildman–Crippen LogP) is 3.02. The summed E-state index contributed by atoms with van der Waals surface area (Å²) < 4.78 is 0.759. The minimum absolute atomic E-state index is 0.177. The monoisotopic (exact) mass is 415 g/mol. The van der Waals surface area contributed by atoms with Gasteiger partial charge in [0.15, 0.2) is 0 Å². The summed E-state index contributed by atoms with van der Waals surface area (Å²) in [6, 6.07) is 11.0. The molecule has 1 heterocycles. The van der Waals surface area contributed by atoms with Crippen molar-refractivity contribution in [2.24, 2.45) is 0 Å². The Morgan fingerprint density at radius 1 is 1.08 bits per heavy atom. The Balaban J connectivity index is 2.01. The molecular weight excluding hydrogens is 406 g/mol. The van der Waals surface area contributed by atoms with Gasteiger partial charge in [-0.05, 0) is 35.9 Å². The molecule has 0 saturated carbocycles. The second-order valence-corrected chi connectivity index (χ2v) is 6.20. The van der Waals surface area contributed by atoms with Gasteiger partial charge in [-0.25, -0.2) is 9.69 Å². The largest absolute Gasteiger partial charge is 0.335 e. The predicted molar refractivity (Wildman–Crippen MR) is 96.2 cm³/mol. The molecule has 0 bridgehead atoms. The minimum atomic E-state index is -0.862. The second-order valence-electron chi connectivity index (χ2n) is 5.29. The van der Waals surface area contributed by atoms with Crippen molar-refractivity contribution in [1.29, 1.82) is 0 Å². The number of amides is 4. The van der Waals surface area contributed by atoms with Crippen LogP contribution < -0.4 is 10.2 Å². The first-order valence-electron chi connectivity index (χ1n) is 7.28. The third-order valence-corrected chi connectivity index (χ3v) is 4.11. The molecule has 0 unspecified atom stereocenters. The van der Waals surface area contributed by atoms with E-state index in [1.165, 1.54) is 30.3 Å². The zero-order valence-electron chi connectivity index (χ0n) is 13.0. The van der Waals surface area contributed by atoms with E-state index in [9.17, 15) is 24.5 Å². The Hall–Kier alpha value is -3.33. The maximum atomic E-state index is 12.7. The van der Waals surface area contributed by atoms with Crippen LogP contribution in [0.4, 0.5) is 16.2 Å². The summed E-state index contributed by atoms with van der Waals surface area (Å²) in [5.74, 6) is -1.67. The van der Waals surface area contributed by atoms with Crippen molar-refractivity contribution in [3.63, 3.8) is 0 Å². The highest BCUT2D eigenvalue weighted by Gasteiger charge is 2.36. The van der Waals surface area contributed by atoms with Crippen molar-refractivity contribution in [2.75, 3.05) is 4.90 Å². The molecule has 1 aliphatic rings. The van der Waals surface area contributed by atoms with Crippen LogP contribution in [0.25, 0.3) is 6.08 Å². The topological polar surface area (TPSA) is 110 Å². The van der Waals surface area contributed by atoms with Gasteiger partial charge in [0.1, 0.15) is 5.57 Å². The average Bonchev–Trinajstić information content (AvgIpc) is 2.60. The van der Waals surface area contributed by atoms with Gasteiger partial charge in [0.25, 0.3) is 17.5 Å². The lowest BCUT2D eigenvalue weighted by molar-refractivity contribution is -0.384. The van der Waals surface area contributed by atoms with E-state index in [2.05, 4.69) is 21.2 Å². The Bertz CT molecular complexity index is 969. The number of nitrogens with zero attached hydrogens (tertiary/aromatic N) is 2. The second kappa shape index (κ2) is 6.89. The van der Waals surface area contributed by atoms with E-state index >= 15 is 0 Å². The van der Waals surface area contributed by atoms with Gasteiger partial charge in [0.05, 0.1) is 10.6 Å². The summed E-state index contributed by atoms with van der Waals surface area (Å²) >= 11 is 3.26. The summed E-state index contributed by atoms with van der Waals surface area (Å²) in [4.78, 5) is 48.0. The standard InChI is InChI=1S/C17H10BrN3O5/c18-11-4-6-12(7-5-11)20-16(23)14(15(22)19-17(20)24)9-10-2-1-3-13(8-10)21(25)26/h1-9H,(H,19,22,24)/b14-9+. The summed E-state index contributed by atoms with van der Waals surface area (Å²) in [5.41, 5.74) is 0.104. The maximum Gasteiger partial charge on any atom is 0.335 e. The average molecular weight is 416 g/mol. The Labute approximate surface area is 155 Å². The van der Waals surface area contributed by atoms with E-state index < -0.39 is 22.8 Å². The zero-order valence-corrected chi connectivity index (χ0v) is 14.6. The van der Waals surface area contributed by atoms with Crippen molar-refractivity contribution in [3.8, 4) is 0 Å². The fourth-order valence-corrected chi connectivity index (χ4v) is 2.64. The van der Waals surface area contributed by atoms with Gasteiger partial charge in [0.2, 0.25) is 0 Å². The number of nitrogens with one attached hydrogen (secondary N) is 1. The van der Waals surface area contributed by atoms with Crippen LogP contribution in [0, 0.1) is 10.1 Å². The molecule has 1 fully saturated rings. The molecule has 3 rings (SSSR count). The molecule has 0 atom stereocenters. The molecular formula is C17H10BrN3O5. The number of hydrogen-bond donors (Lipinski definition) is 1. The Kier molecular flexibility index (Phi) is 4.63. The van der Waals surface area contributed by atoms with Crippen molar-refractivity contribution in [3.05, 3.63) is 74.3 Å². The molecule has 26 heavy (non-hydrogen) atoms. The normalized spacial score (nSPS) is 16.0. The van der Waals surface area contributed by atoms with Crippen molar-refractivity contribution < 1.29 is 19.3 Å². The van der Waals surface area contributed by atoms with E-state index in [4.69, 9.17) is 0 Å². The summed E-state index contributed by atoms with van der Waals surface area (Å²) in [7, 11) is 0. The van der Waals surface area contributed by atoms with Crippen LogP contribution in [0.1, 0.15) is 5.56 Å². The number of hydrogen-bond acceptors (Lipinski definition) is 5. The highest BCUT2D eigenvalue weighted by molar-refractivity contribution is 9.10. The number of halogens is 1. The van der Waals surface area contributed by atoms with Gasteiger partial charge in [-0.15, -0.1) is 0 Å². The van der Waals surface area contributed by atoms with Crippen LogP contribution in [0.2, 0.25) is 0 Å². The molecule has 0 aliphatic carbocycles. The molecule has 0 radical (unpaired) electrons. The van der Waals surface area contributed by atoms with Gasteiger partial charge in [-0.3, -0.25) is 25.0 Å². The van der Waals surface area contributed by atoms with Crippen LogP contribution in [-0.4, -0.2) is 22.8 Å². The van der Waals surface area contributed by atoms with E-state index in [0.29, 0.717) is 5.56 Å². The van der Waals surface area contributed by atoms with Crippen LogP contribution in [0.3, 0.4) is 0 Å². The lowest BCUT2D eigenvalue weighted by atomic mass is 10.1. The minimum Gasteiger partial charge on any atom is -0.273 e. The number of imide groups is 2. The van der Waals surface area contributed by atoms with E-state index in [1.54, 1.807) is 24.3 Å². The first-order chi connectivity index (χ1) is 12.4. The molecule has 4 amide bonds. The maximum absolute atomic E-state index is 12.7. The number of nitro groups is 1. The van der Waals surface area contributed by atoms with Gasteiger partial charge in [0, 0.05) is 16.6 Å². The lowest BCUT2D eigenvalue weighted by Gasteiger charge is -2.26. The molecule has 2 aromatic carbocycles. The fourth-order valence-electron chi connectivity index (χ4n) is 2.38. The van der Waals surface area contributed by atoms with E-state index in [1.807, 2.05) is 0 Å². The lowest BCUT2D eigenvalue weighted by Crippen LogP contribution is -2.54. The van der Waals surface area contributed by atoms with Crippen LogP contribution in [0.5, 0.6) is 0 Å². The zero-order chi connectivity index (χ0) is 18.8. The van der Waals surface area contributed by atoms with E-state index in [0.717, 1.165) is 9.37 Å². The fraction of sp³-hybridized carbons (Fsp3) is 0. The number of non-ortho nitro benzene ring substituents is 1. The quantitative estimate of drug-likeness (QED) is 0.358. The summed E-state index contributed by atoms with van der Waals surface area (Å²) in [5, 5.41) is 13.0. The van der Waals surface area contributed by atoms with Gasteiger partial charge in [-0.2, -0.15) is 0 Å². The third kappa shape index (κ3) is 3.38. The summed E-state index contributed by atoms with van der Waals surface area (Å²) in [6.45, 7) is 0. The molecule has 1 saturated heterocycles. The summed E-state index contributed by atoms with van der Waals surface area (Å²) in [6.07, 6.45) is 1.21. The number of carbonyl (C=O) groups excluding carboxylic acids is 3. The number of carbonyl (C=O) groups is 3. The molecule has 0 spiro atoms. The highest BCUT2D eigenvalue weighted by atomic mass is 79.9. The van der Waals surface area contributed by atoms with E-state index in [-0.39, 0.29) is 16.9 Å². The first kappa shape index (κ1) is 17.5. The van der Waals surface area contributed by atoms with Crippen LogP contribution in [0.15, 0.2) is 58.6 Å². The number of anilines is 1. The SMILES string of the molecule is O=C1NC(=O)N(c2ccc(Br)cc2)C(=O)/C1=C/c1cccc([N+](=O)[O-])c1. The number of nitro benzene ring substituents is 1. The molecule has 1 N–H and O–H groups in total. The molecule has 9 heteroatoms. The van der Waals surface area contributed by atoms with Gasteiger partial charge < -0.3 is 0 Å². The molecule has 130 valence electrons. The number of benzene rings is 2.